The normalized spacial score (nSPS) is 31.4. The van der Waals surface area contributed by atoms with Crippen LogP contribution in [0.4, 0.5) is 0 Å². The summed E-state index contributed by atoms with van der Waals surface area (Å²) in [6.07, 6.45) is 3.49. The van der Waals surface area contributed by atoms with Gasteiger partial charge >= 0.3 is 5.97 Å². The monoisotopic (exact) mass is 297 g/mol. The number of hydrogen-bond donors (Lipinski definition) is 2. The quantitative estimate of drug-likeness (QED) is 0.837. The van der Waals surface area contributed by atoms with Gasteiger partial charge in [0, 0.05) is 32.0 Å². The molecule has 1 heterocycles. The zero-order chi connectivity index (χ0) is 15.7. The van der Waals surface area contributed by atoms with E-state index in [1.165, 1.54) is 0 Å². The lowest BCUT2D eigenvalue weighted by Crippen LogP contribution is -2.59. The van der Waals surface area contributed by atoms with Gasteiger partial charge in [-0.25, -0.2) is 4.79 Å². The molecule has 0 aromatic heterocycles. The topological polar surface area (TPSA) is 75.6 Å². The SMILES string of the molecule is CC1CC(C(=O)NC2(C(=O)O)CCOCC2)CC(C)(C)C1. The first-order valence-corrected chi connectivity index (χ1v) is 7.87. The van der Waals surface area contributed by atoms with E-state index in [0.29, 0.717) is 32.0 Å². The van der Waals surface area contributed by atoms with Crippen molar-refractivity contribution in [3.63, 3.8) is 0 Å². The standard InChI is InChI=1S/C16H27NO4/c1-11-8-12(10-15(2,3)9-11)13(18)17-16(14(19)20)4-6-21-7-5-16/h11-12H,4-10H2,1-3H3,(H,17,18)(H,19,20). The lowest BCUT2D eigenvalue weighted by Gasteiger charge is -2.40. The molecule has 1 saturated carbocycles. The predicted octanol–water partition coefficient (Wildman–Crippen LogP) is 2.20. The van der Waals surface area contributed by atoms with Crippen molar-refractivity contribution >= 4 is 11.9 Å². The molecule has 2 atom stereocenters. The molecular weight excluding hydrogens is 270 g/mol. The largest absolute Gasteiger partial charge is 0.480 e. The molecule has 1 aliphatic heterocycles. The van der Waals surface area contributed by atoms with Crippen LogP contribution in [0.3, 0.4) is 0 Å². The minimum Gasteiger partial charge on any atom is -0.480 e. The fourth-order valence-electron chi connectivity index (χ4n) is 4.00. The minimum atomic E-state index is -1.14. The van der Waals surface area contributed by atoms with Crippen LogP contribution in [-0.4, -0.2) is 35.7 Å². The van der Waals surface area contributed by atoms with Crippen LogP contribution in [0.2, 0.25) is 0 Å². The zero-order valence-corrected chi connectivity index (χ0v) is 13.3. The van der Waals surface area contributed by atoms with Gasteiger partial charge in [0.05, 0.1) is 0 Å². The van der Waals surface area contributed by atoms with Crippen LogP contribution in [0, 0.1) is 17.3 Å². The van der Waals surface area contributed by atoms with Crippen molar-refractivity contribution in [1.82, 2.24) is 5.32 Å². The summed E-state index contributed by atoms with van der Waals surface area (Å²) in [7, 11) is 0. The third-order valence-electron chi connectivity index (χ3n) is 4.88. The van der Waals surface area contributed by atoms with Gasteiger partial charge in [-0.3, -0.25) is 4.79 Å². The fourth-order valence-corrected chi connectivity index (χ4v) is 4.00. The first-order chi connectivity index (χ1) is 9.74. The summed E-state index contributed by atoms with van der Waals surface area (Å²) in [6, 6.07) is 0. The molecule has 0 radical (unpaired) electrons. The summed E-state index contributed by atoms with van der Waals surface area (Å²) < 4.78 is 5.24. The van der Waals surface area contributed by atoms with E-state index in [-0.39, 0.29) is 17.2 Å². The highest BCUT2D eigenvalue weighted by Crippen LogP contribution is 2.42. The Morgan fingerprint density at radius 1 is 1.19 bits per heavy atom. The number of amides is 1. The summed E-state index contributed by atoms with van der Waals surface area (Å²) >= 11 is 0. The van der Waals surface area contributed by atoms with Crippen LogP contribution in [0.5, 0.6) is 0 Å². The Morgan fingerprint density at radius 3 is 2.33 bits per heavy atom. The van der Waals surface area contributed by atoms with Crippen molar-refractivity contribution in [1.29, 1.82) is 0 Å². The number of ether oxygens (including phenoxy) is 1. The van der Waals surface area contributed by atoms with Gasteiger partial charge in [-0.05, 0) is 30.6 Å². The van der Waals surface area contributed by atoms with Crippen molar-refractivity contribution in [3.8, 4) is 0 Å². The van der Waals surface area contributed by atoms with Gasteiger partial charge in [-0.2, -0.15) is 0 Å². The van der Waals surface area contributed by atoms with E-state index in [0.717, 1.165) is 19.3 Å². The molecule has 2 N–H and O–H groups in total. The Hall–Kier alpha value is -1.10. The highest BCUT2D eigenvalue weighted by atomic mass is 16.5. The van der Waals surface area contributed by atoms with Gasteiger partial charge in [0.15, 0.2) is 0 Å². The Morgan fingerprint density at radius 2 is 1.81 bits per heavy atom. The molecule has 1 amide bonds. The second-order valence-electron chi connectivity index (χ2n) is 7.60. The Bertz CT molecular complexity index is 413. The van der Waals surface area contributed by atoms with E-state index < -0.39 is 11.5 Å². The maximum Gasteiger partial charge on any atom is 0.329 e. The Labute approximate surface area is 126 Å². The van der Waals surface area contributed by atoms with Crippen LogP contribution in [0.25, 0.3) is 0 Å². The highest BCUT2D eigenvalue weighted by Gasteiger charge is 2.44. The lowest BCUT2D eigenvalue weighted by atomic mass is 9.67. The molecule has 5 heteroatoms. The lowest BCUT2D eigenvalue weighted by molar-refractivity contribution is -0.153. The van der Waals surface area contributed by atoms with Crippen LogP contribution in [0.15, 0.2) is 0 Å². The predicted molar refractivity (Wildman–Crippen MR) is 78.8 cm³/mol. The number of carboxylic acids is 1. The number of nitrogens with one attached hydrogen (secondary N) is 1. The maximum absolute atomic E-state index is 12.6. The molecule has 0 spiro atoms. The number of hydrogen-bond acceptors (Lipinski definition) is 3. The smallest absolute Gasteiger partial charge is 0.329 e. The van der Waals surface area contributed by atoms with E-state index in [9.17, 15) is 14.7 Å². The first kappa shape index (κ1) is 16.3. The van der Waals surface area contributed by atoms with Crippen molar-refractivity contribution in [2.75, 3.05) is 13.2 Å². The van der Waals surface area contributed by atoms with Gasteiger partial charge in [-0.1, -0.05) is 20.8 Å². The molecule has 0 aromatic carbocycles. The average Bonchev–Trinajstić information content (AvgIpc) is 2.37. The van der Waals surface area contributed by atoms with Crippen molar-refractivity contribution < 1.29 is 19.4 Å². The Balaban J connectivity index is 2.07. The van der Waals surface area contributed by atoms with E-state index in [1.807, 2.05) is 0 Å². The third kappa shape index (κ3) is 3.76. The molecule has 0 aromatic rings. The van der Waals surface area contributed by atoms with Gasteiger partial charge < -0.3 is 15.2 Å². The van der Waals surface area contributed by atoms with Crippen LogP contribution >= 0.6 is 0 Å². The van der Waals surface area contributed by atoms with Gasteiger partial charge in [0.1, 0.15) is 5.54 Å². The van der Waals surface area contributed by atoms with Crippen LogP contribution in [-0.2, 0) is 14.3 Å². The second-order valence-corrected chi connectivity index (χ2v) is 7.60. The van der Waals surface area contributed by atoms with E-state index in [2.05, 4.69) is 26.1 Å². The summed E-state index contributed by atoms with van der Waals surface area (Å²) in [4.78, 5) is 24.2. The number of rotatable bonds is 3. The highest BCUT2D eigenvalue weighted by molar-refractivity contribution is 5.88. The van der Waals surface area contributed by atoms with Gasteiger partial charge in [0.25, 0.3) is 0 Å². The third-order valence-corrected chi connectivity index (χ3v) is 4.88. The summed E-state index contributed by atoms with van der Waals surface area (Å²) in [5, 5.41) is 12.4. The van der Waals surface area contributed by atoms with Gasteiger partial charge in [-0.15, -0.1) is 0 Å². The van der Waals surface area contributed by atoms with Gasteiger partial charge in [0.2, 0.25) is 5.91 Å². The first-order valence-electron chi connectivity index (χ1n) is 7.87. The van der Waals surface area contributed by atoms with E-state index in [4.69, 9.17) is 4.74 Å². The molecule has 1 saturated heterocycles. The molecule has 0 bridgehead atoms. The summed E-state index contributed by atoms with van der Waals surface area (Å²) in [5.74, 6) is -0.621. The van der Waals surface area contributed by atoms with Crippen molar-refractivity contribution in [2.45, 2.75) is 58.4 Å². The van der Waals surface area contributed by atoms with Crippen LogP contribution in [0.1, 0.15) is 52.9 Å². The summed E-state index contributed by atoms with van der Waals surface area (Å²) in [5.41, 5.74) is -0.994. The van der Waals surface area contributed by atoms with Crippen molar-refractivity contribution in [3.05, 3.63) is 0 Å². The number of aliphatic carboxylic acids is 1. The van der Waals surface area contributed by atoms with Crippen LogP contribution < -0.4 is 5.32 Å². The molecule has 1 aliphatic carbocycles. The Kier molecular flexibility index (Phi) is 4.61. The van der Waals surface area contributed by atoms with Crippen molar-refractivity contribution in [2.24, 2.45) is 17.3 Å². The molecule has 2 unspecified atom stereocenters. The minimum absolute atomic E-state index is 0.0807. The molecule has 21 heavy (non-hydrogen) atoms. The van der Waals surface area contributed by atoms with E-state index >= 15 is 0 Å². The average molecular weight is 297 g/mol. The number of carbonyl (C=O) groups excluding carboxylic acids is 1. The zero-order valence-electron chi connectivity index (χ0n) is 13.3. The van der Waals surface area contributed by atoms with E-state index in [1.54, 1.807) is 0 Å². The molecule has 2 fully saturated rings. The molecule has 2 aliphatic rings. The fraction of sp³-hybridized carbons (Fsp3) is 0.875. The maximum atomic E-state index is 12.6. The molecule has 5 nitrogen and oxygen atoms in total. The number of carboxylic acid groups (broad SMARTS) is 1. The summed E-state index contributed by atoms with van der Waals surface area (Å²) in [6.45, 7) is 7.32. The number of carbonyl (C=O) groups is 2. The second kappa shape index (κ2) is 5.95. The molecule has 120 valence electrons. The molecular formula is C16H27NO4. The molecule has 2 rings (SSSR count).